The second-order valence-corrected chi connectivity index (χ2v) is 7.29. The van der Waals surface area contributed by atoms with Crippen molar-refractivity contribution in [3.8, 4) is 5.75 Å². The second-order valence-electron chi connectivity index (χ2n) is 6.37. The number of aliphatic carboxylic acids is 2. The molecule has 1 fully saturated rings. The molecule has 2 aromatic rings. The Bertz CT molecular complexity index is 873. The molecule has 0 atom stereocenters. The van der Waals surface area contributed by atoms with Crippen molar-refractivity contribution in [2.24, 2.45) is 0 Å². The minimum absolute atomic E-state index is 0.0806. The topological polar surface area (TPSA) is 120 Å². The quantitative estimate of drug-likeness (QED) is 0.638. The number of ether oxygens (including phenoxy) is 1. The van der Waals surface area contributed by atoms with Crippen LogP contribution in [0.3, 0.4) is 0 Å². The summed E-state index contributed by atoms with van der Waals surface area (Å²) in [5, 5.41) is 14.8. The number of rotatable bonds is 4. The van der Waals surface area contributed by atoms with Crippen LogP contribution in [0.5, 0.6) is 5.75 Å². The number of hydrogen-bond donors (Lipinski definition) is 2. The molecule has 1 aliphatic heterocycles. The van der Waals surface area contributed by atoms with E-state index >= 15 is 0 Å². The number of carbonyl (C=O) groups is 3. The van der Waals surface area contributed by atoms with E-state index in [2.05, 4.69) is 31.9 Å². The molecule has 10 heteroatoms. The molecule has 1 aromatic heterocycles. The van der Waals surface area contributed by atoms with Gasteiger partial charge in [0.05, 0.1) is 7.11 Å². The molecule has 0 aliphatic carbocycles. The molecule has 9 nitrogen and oxygen atoms in total. The lowest BCUT2D eigenvalue weighted by Crippen LogP contribution is -2.48. The highest BCUT2D eigenvalue weighted by Crippen LogP contribution is 2.24. The summed E-state index contributed by atoms with van der Waals surface area (Å²) in [4.78, 5) is 38.9. The van der Waals surface area contributed by atoms with Gasteiger partial charge < -0.3 is 19.8 Å². The number of aromatic nitrogens is 1. The molecule has 2 N–H and O–H groups in total. The Morgan fingerprint density at radius 3 is 2.17 bits per heavy atom. The maximum atomic E-state index is 12.5. The number of carboxylic acid groups (broad SMARTS) is 2. The van der Waals surface area contributed by atoms with Gasteiger partial charge in [-0.1, -0.05) is 15.9 Å². The highest BCUT2D eigenvalue weighted by atomic mass is 79.9. The van der Waals surface area contributed by atoms with Crippen LogP contribution in [-0.2, 0) is 16.1 Å². The Balaban J connectivity index is 0.000000469. The van der Waals surface area contributed by atoms with Gasteiger partial charge in [-0.15, -0.1) is 0 Å². The van der Waals surface area contributed by atoms with E-state index in [-0.39, 0.29) is 5.91 Å². The van der Waals surface area contributed by atoms with Gasteiger partial charge in [0.1, 0.15) is 5.75 Å². The monoisotopic (exact) mass is 479 g/mol. The molecule has 30 heavy (non-hydrogen) atoms. The van der Waals surface area contributed by atoms with Crippen LogP contribution in [0.15, 0.2) is 47.2 Å². The van der Waals surface area contributed by atoms with Crippen molar-refractivity contribution in [3.05, 3.63) is 58.3 Å². The van der Waals surface area contributed by atoms with Crippen LogP contribution < -0.4 is 4.74 Å². The average Bonchev–Trinajstić information content (AvgIpc) is 2.75. The zero-order valence-corrected chi connectivity index (χ0v) is 17.9. The van der Waals surface area contributed by atoms with Crippen LogP contribution in [0.2, 0.25) is 0 Å². The molecule has 2 heterocycles. The molecule has 1 aromatic carbocycles. The van der Waals surface area contributed by atoms with Crippen LogP contribution in [-0.4, -0.2) is 76.1 Å². The molecule has 0 radical (unpaired) electrons. The largest absolute Gasteiger partial charge is 0.496 e. The molecule has 0 unspecified atom stereocenters. The molecule has 1 saturated heterocycles. The van der Waals surface area contributed by atoms with Crippen molar-refractivity contribution in [2.45, 2.75) is 6.54 Å². The number of halogens is 1. The van der Waals surface area contributed by atoms with Crippen molar-refractivity contribution in [2.75, 3.05) is 33.3 Å². The number of benzene rings is 1. The van der Waals surface area contributed by atoms with Gasteiger partial charge in [0.15, 0.2) is 0 Å². The number of nitrogens with zero attached hydrogens (tertiary/aromatic N) is 3. The second kappa shape index (κ2) is 11.3. The van der Waals surface area contributed by atoms with Crippen molar-refractivity contribution < 1.29 is 29.3 Å². The third-order valence-corrected chi connectivity index (χ3v) is 4.90. The number of piperazine rings is 1. The molecule has 160 valence electrons. The van der Waals surface area contributed by atoms with Gasteiger partial charge >= 0.3 is 11.9 Å². The smallest absolute Gasteiger partial charge is 0.414 e. The van der Waals surface area contributed by atoms with Crippen LogP contribution in [0.4, 0.5) is 0 Å². The zero-order valence-electron chi connectivity index (χ0n) is 16.3. The van der Waals surface area contributed by atoms with Gasteiger partial charge in [-0.2, -0.15) is 0 Å². The molecular weight excluding hydrogens is 458 g/mol. The van der Waals surface area contributed by atoms with Crippen LogP contribution >= 0.6 is 15.9 Å². The summed E-state index contributed by atoms with van der Waals surface area (Å²) in [5.41, 5.74) is 1.85. The Labute approximate surface area is 182 Å². The molecule has 0 saturated carbocycles. The van der Waals surface area contributed by atoms with Crippen molar-refractivity contribution >= 4 is 33.8 Å². The Morgan fingerprint density at radius 2 is 1.63 bits per heavy atom. The first-order valence-corrected chi connectivity index (χ1v) is 9.81. The van der Waals surface area contributed by atoms with E-state index < -0.39 is 11.9 Å². The van der Waals surface area contributed by atoms with E-state index in [1.165, 1.54) is 0 Å². The molecule has 3 rings (SSSR count). The Morgan fingerprint density at radius 1 is 1.03 bits per heavy atom. The number of methoxy groups -OCH3 is 1. The zero-order chi connectivity index (χ0) is 22.1. The fourth-order valence-electron chi connectivity index (χ4n) is 2.90. The minimum atomic E-state index is -1.82. The molecule has 1 aliphatic rings. The fourth-order valence-corrected chi connectivity index (χ4v) is 3.31. The standard InChI is InChI=1S/C18H20BrN3O2.C2H2O4/c1-24-17-3-2-16(19)12-15(17)13-21-8-10-22(11-9-21)18(23)14-4-6-20-7-5-14;3-1(4)2(5)6/h2-7,12H,8-11,13H2,1H3;(H,3,4)(H,5,6). The van der Waals surface area contributed by atoms with Crippen LogP contribution in [0, 0.1) is 0 Å². The van der Waals surface area contributed by atoms with Gasteiger partial charge in [-0.25, -0.2) is 9.59 Å². The summed E-state index contributed by atoms with van der Waals surface area (Å²) in [6.07, 6.45) is 3.31. The van der Waals surface area contributed by atoms with Crippen LogP contribution in [0.25, 0.3) is 0 Å². The van der Waals surface area contributed by atoms with E-state index in [4.69, 9.17) is 24.5 Å². The summed E-state index contributed by atoms with van der Waals surface area (Å²) < 4.78 is 6.49. The summed E-state index contributed by atoms with van der Waals surface area (Å²) in [7, 11) is 1.69. The maximum Gasteiger partial charge on any atom is 0.414 e. The van der Waals surface area contributed by atoms with E-state index in [9.17, 15) is 4.79 Å². The van der Waals surface area contributed by atoms with Crippen molar-refractivity contribution in [1.82, 2.24) is 14.8 Å². The first-order chi connectivity index (χ1) is 14.3. The average molecular weight is 480 g/mol. The van der Waals surface area contributed by atoms with E-state index in [1.807, 2.05) is 17.0 Å². The van der Waals surface area contributed by atoms with Crippen molar-refractivity contribution in [3.63, 3.8) is 0 Å². The predicted octanol–water partition coefficient (Wildman–Crippen LogP) is 1.97. The predicted molar refractivity (Wildman–Crippen MR) is 111 cm³/mol. The van der Waals surface area contributed by atoms with Gasteiger partial charge in [0.25, 0.3) is 5.91 Å². The number of hydrogen-bond acceptors (Lipinski definition) is 6. The van der Waals surface area contributed by atoms with Crippen LogP contribution in [0.1, 0.15) is 15.9 Å². The number of pyridine rings is 1. The molecule has 0 bridgehead atoms. The summed E-state index contributed by atoms with van der Waals surface area (Å²) in [6, 6.07) is 9.58. The summed E-state index contributed by atoms with van der Waals surface area (Å²) >= 11 is 3.51. The highest BCUT2D eigenvalue weighted by Gasteiger charge is 2.22. The number of amides is 1. The van der Waals surface area contributed by atoms with Gasteiger partial charge in [-0.05, 0) is 30.3 Å². The SMILES string of the molecule is COc1ccc(Br)cc1CN1CCN(C(=O)c2ccncc2)CC1.O=C(O)C(=O)O. The van der Waals surface area contributed by atoms with E-state index in [0.717, 1.165) is 48.5 Å². The highest BCUT2D eigenvalue weighted by molar-refractivity contribution is 9.10. The summed E-state index contributed by atoms with van der Waals surface area (Å²) in [6.45, 7) is 3.99. The molecule has 0 spiro atoms. The molecule has 1 amide bonds. The van der Waals surface area contributed by atoms with Gasteiger partial charge in [0.2, 0.25) is 0 Å². The Kier molecular flexibility index (Phi) is 8.75. The third-order valence-electron chi connectivity index (χ3n) is 4.41. The lowest BCUT2D eigenvalue weighted by atomic mass is 10.1. The maximum absolute atomic E-state index is 12.5. The lowest BCUT2D eigenvalue weighted by Gasteiger charge is -2.35. The first kappa shape index (κ1) is 23.3. The minimum Gasteiger partial charge on any atom is -0.496 e. The van der Waals surface area contributed by atoms with E-state index in [1.54, 1.807) is 31.6 Å². The first-order valence-electron chi connectivity index (χ1n) is 9.02. The fraction of sp³-hybridized carbons (Fsp3) is 0.300. The molecular formula is C20H22BrN3O6. The van der Waals surface area contributed by atoms with Crippen molar-refractivity contribution in [1.29, 1.82) is 0 Å². The number of carbonyl (C=O) groups excluding carboxylic acids is 1. The number of carboxylic acids is 2. The van der Waals surface area contributed by atoms with Gasteiger partial charge in [-0.3, -0.25) is 14.7 Å². The lowest BCUT2D eigenvalue weighted by molar-refractivity contribution is -0.159. The van der Waals surface area contributed by atoms with E-state index in [0.29, 0.717) is 5.56 Å². The summed E-state index contributed by atoms with van der Waals surface area (Å²) in [5.74, 6) is -2.67. The normalized spacial score (nSPS) is 13.7. The third kappa shape index (κ3) is 6.82. The van der Waals surface area contributed by atoms with Gasteiger partial charge in [0, 0.05) is 60.7 Å². The Hall–Kier alpha value is -2.98.